The number of fused-ring (bicyclic) bond motifs is 8. The summed E-state index contributed by atoms with van der Waals surface area (Å²) in [7, 11) is 2.05. The summed E-state index contributed by atoms with van der Waals surface area (Å²) in [5.74, 6) is 1.21. The molecule has 190 valence electrons. The molecule has 2 aliphatic heterocycles. The van der Waals surface area contributed by atoms with Gasteiger partial charge in [0.15, 0.2) is 0 Å². The van der Waals surface area contributed by atoms with Crippen LogP contribution in [0.1, 0.15) is 5.56 Å². The van der Waals surface area contributed by atoms with Crippen molar-refractivity contribution in [3.8, 4) is 33.6 Å². The molecule has 0 atom stereocenters. The zero-order valence-electron chi connectivity index (χ0n) is 22.6. The molecular weight excluding hydrogens is 487 g/mol. The molecule has 3 heterocycles. The Morgan fingerprint density at radius 3 is 1.77 bits per heavy atom. The summed E-state index contributed by atoms with van der Waals surface area (Å²) < 4.78 is 4.69. The van der Waals surface area contributed by atoms with E-state index in [1.54, 1.807) is 0 Å². The van der Waals surface area contributed by atoms with E-state index in [1.807, 2.05) is 0 Å². The highest BCUT2D eigenvalue weighted by Crippen LogP contribution is 2.54. The fourth-order valence-corrected chi connectivity index (χ4v) is 6.61. The number of nitrogens with zero attached hydrogens (tertiary/aromatic N) is 4. The Labute approximate surface area is 235 Å². The van der Waals surface area contributed by atoms with Gasteiger partial charge in [-0.05, 0) is 41.8 Å². The number of anilines is 4. The maximum Gasteiger partial charge on any atom is 0.643 e. The zero-order chi connectivity index (χ0) is 26.8. The minimum absolute atomic E-state index is 0.102. The van der Waals surface area contributed by atoms with Gasteiger partial charge in [0.1, 0.15) is 12.4 Å². The smallest absolute Gasteiger partial charge is 0.320 e. The van der Waals surface area contributed by atoms with E-state index < -0.39 is 0 Å². The SMILES string of the molecule is Cc1cccc2c1-c1n(cc[n+]1C)B1N2c2ccccc2N1c1c(-c2ccccc2)cccc1-c1ccccc1. The van der Waals surface area contributed by atoms with Crippen molar-refractivity contribution in [2.75, 3.05) is 9.62 Å². The van der Waals surface area contributed by atoms with Gasteiger partial charge in [-0.2, -0.15) is 0 Å². The minimum Gasteiger partial charge on any atom is -0.320 e. The van der Waals surface area contributed by atoms with Gasteiger partial charge in [-0.3, -0.25) is 4.48 Å². The number of hydrogen-bond acceptors (Lipinski definition) is 2. The summed E-state index contributed by atoms with van der Waals surface area (Å²) in [6.45, 7) is 2.22. The lowest BCUT2D eigenvalue weighted by molar-refractivity contribution is -0.659. The van der Waals surface area contributed by atoms with Crippen molar-refractivity contribution in [3.05, 3.63) is 139 Å². The van der Waals surface area contributed by atoms with Gasteiger partial charge in [-0.1, -0.05) is 103 Å². The highest BCUT2D eigenvalue weighted by atomic mass is 15.4. The van der Waals surface area contributed by atoms with Crippen LogP contribution in [0, 0.1) is 6.92 Å². The van der Waals surface area contributed by atoms with Crippen LogP contribution in [0.15, 0.2) is 134 Å². The molecule has 4 nitrogen and oxygen atoms in total. The van der Waals surface area contributed by atoms with E-state index in [9.17, 15) is 0 Å². The lowest BCUT2D eigenvalue weighted by atomic mass is 9.80. The van der Waals surface area contributed by atoms with Crippen molar-refractivity contribution in [1.29, 1.82) is 0 Å². The molecule has 1 aromatic heterocycles. The number of aryl methyl sites for hydroxylation is 2. The Hall–Kier alpha value is -5.03. The average Bonchev–Trinajstić information content (AvgIpc) is 3.56. The molecule has 6 aromatic rings. The molecule has 0 bridgehead atoms. The van der Waals surface area contributed by atoms with Gasteiger partial charge in [0.05, 0.1) is 24.0 Å². The number of rotatable bonds is 3. The van der Waals surface area contributed by atoms with Gasteiger partial charge in [0.25, 0.3) is 5.82 Å². The van der Waals surface area contributed by atoms with E-state index in [2.05, 4.69) is 166 Å². The first-order chi connectivity index (χ1) is 19.7. The first kappa shape index (κ1) is 22.9. The molecule has 5 heteroatoms. The topological polar surface area (TPSA) is 15.3 Å². The number of aromatic nitrogens is 2. The van der Waals surface area contributed by atoms with Crippen molar-refractivity contribution in [1.82, 2.24) is 4.48 Å². The van der Waals surface area contributed by atoms with E-state index in [0.29, 0.717) is 0 Å². The van der Waals surface area contributed by atoms with Gasteiger partial charge < -0.3 is 9.62 Å². The summed E-state index contributed by atoms with van der Waals surface area (Å²) in [4.78, 5) is 5.07. The molecule has 0 N–H and O–H groups in total. The van der Waals surface area contributed by atoms with Crippen molar-refractivity contribution >= 4 is 29.9 Å². The minimum atomic E-state index is -0.102. The maximum absolute atomic E-state index is 2.55. The first-order valence-electron chi connectivity index (χ1n) is 13.8. The number of para-hydroxylation sites is 3. The quantitative estimate of drug-likeness (QED) is 0.177. The van der Waals surface area contributed by atoms with Gasteiger partial charge >= 0.3 is 7.12 Å². The third-order valence-corrected chi connectivity index (χ3v) is 8.32. The Morgan fingerprint density at radius 1 is 0.575 bits per heavy atom. The average molecular weight is 515 g/mol. The lowest BCUT2D eigenvalue weighted by Gasteiger charge is -2.33. The number of imidazole rings is 1. The predicted octanol–water partition coefficient (Wildman–Crippen LogP) is 7.76. The van der Waals surface area contributed by atoms with Crippen LogP contribution < -0.4 is 14.2 Å². The van der Waals surface area contributed by atoms with E-state index in [4.69, 9.17) is 0 Å². The summed E-state index contributed by atoms with van der Waals surface area (Å²) in [5, 5.41) is 0. The lowest BCUT2D eigenvalue weighted by Crippen LogP contribution is -2.53. The van der Waals surface area contributed by atoms with E-state index in [-0.39, 0.29) is 7.12 Å². The standard InChI is InChI=1S/C35H28BN4/c1-25-13-11-22-32-33(25)35-37(2)23-24-38(35)36-39(32)30-20-9-10-21-31(30)40(36)34-28(26-14-5-3-6-15-26)18-12-19-29(34)27-16-7-4-8-17-27/h3-24H,1-2H3/q+1. The van der Waals surface area contributed by atoms with Gasteiger partial charge in [0.2, 0.25) is 0 Å². The normalized spacial score (nSPS) is 13.1. The van der Waals surface area contributed by atoms with Crippen LogP contribution in [0.25, 0.3) is 33.6 Å². The number of hydrogen-bond donors (Lipinski definition) is 0. The Bertz CT molecular complexity index is 1840. The molecule has 8 rings (SSSR count). The van der Waals surface area contributed by atoms with Crippen LogP contribution in [-0.2, 0) is 7.05 Å². The van der Waals surface area contributed by atoms with E-state index in [1.165, 1.54) is 62.0 Å². The van der Waals surface area contributed by atoms with Crippen molar-refractivity contribution in [2.45, 2.75) is 6.92 Å². The Kier molecular flexibility index (Phi) is 5.01. The van der Waals surface area contributed by atoms with Crippen LogP contribution >= 0.6 is 0 Å². The fraction of sp³-hybridized carbons (Fsp3) is 0.0571. The highest BCUT2D eigenvalue weighted by Gasteiger charge is 2.56. The molecule has 40 heavy (non-hydrogen) atoms. The largest absolute Gasteiger partial charge is 0.643 e. The summed E-state index contributed by atoms with van der Waals surface area (Å²) in [5.41, 5.74) is 12.2. The second-order valence-electron chi connectivity index (χ2n) is 10.6. The summed E-state index contributed by atoms with van der Waals surface area (Å²) >= 11 is 0. The molecule has 0 fully saturated rings. The molecule has 0 saturated carbocycles. The van der Waals surface area contributed by atoms with Crippen molar-refractivity contribution < 1.29 is 4.57 Å². The van der Waals surface area contributed by atoms with E-state index in [0.717, 1.165) is 0 Å². The Balaban J connectivity index is 1.48. The molecule has 5 aromatic carbocycles. The highest BCUT2D eigenvalue weighted by molar-refractivity contribution is 6.73. The molecule has 0 spiro atoms. The van der Waals surface area contributed by atoms with Crippen LogP contribution in [-0.4, -0.2) is 11.6 Å². The second-order valence-corrected chi connectivity index (χ2v) is 10.6. The van der Waals surface area contributed by atoms with Gasteiger partial charge in [0, 0.05) is 22.5 Å². The summed E-state index contributed by atoms with van der Waals surface area (Å²) in [6.07, 6.45) is 4.41. The molecule has 0 radical (unpaired) electrons. The number of benzene rings is 5. The fourth-order valence-electron chi connectivity index (χ4n) is 6.61. The van der Waals surface area contributed by atoms with Crippen LogP contribution in [0.3, 0.4) is 0 Å². The molecule has 0 aliphatic carbocycles. The van der Waals surface area contributed by atoms with Crippen molar-refractivity contribution in [2.24, 2.45) is 7.05 Å². The van der Waals surface area contributed by atoms with Crippen LogP contribution in [0.2, 0.25) is 0 Å². The monoisotopic (exact) mass is 515 g/mol. The Morgan fingerprint density at radius 2 is 1.12 bits per heavy atom. The molecule has 2 aliphatic rings. The van der Waals surface area contributed by atoms with Crippen molar-refractivity contribution in [3.63, 3.8) is 0 Å². The maximum atomic E-state index is 2.55. The predicted molar refractivity (Wildman–Crippen MR) is 165 cm³/mol. The third kappa shape index (κ3) is 3.18. The molecule has 0 saturated heterocycles. The third-order valence-electron chi connectivity index (χ3n) is 8.32. The van der Waals surface area contributed by atoms with Gasteiger partial charge in [-0.25, -0.2) is 4.57 Å². The van der Waals surface area contributed by atoms with Crippen LogP contribution in [0.4, 0.5) is 22.7 Å². The summed E-state index contributed by atoms with van der Waals surface area (Å²) in [6, 6.07) is 43.8. The zero-order valence-corrected chi connectivity index (χ0v) is 22.6. The van der Waals surface area contributed by atoms with Gasteiger partial charge in [-0.15, -0.1) is 0 Å². The molecule has 0 unspecified atom stereocenters. The molecular formula is C35H28BN4+. The van der Waals surface area contributed by atoms with E-state index >= 15 is 0 Å². The first-order valence-corrected chi connectivity index (χ1v) is 13.8. The second kappa shape index (κ2) is 8.75. The van der Waals surface area contributed by atoms with Crippen LogP contribution in [0.5, 0.6) is 0 Å². The molecule has 0 amide bonds.